The van der Waals surface area contributed by atoms with Gasteiger partial charge in [0.25, 0.3) is 0 Å². The SMILES string of the molecule is CCC(C)(C)c1cc(C)cc(C(CC)(CC)Pc2ccccc2C=O)c1OC. The molecule has 0 N–H and O–H groups in total. The van der Waals surface area contributed by atoms with Crippen molar-refractivity contribution < 1.29 is 9.53 Å². The average Bonchev–Trinajstić information content (AvgIpc) is 2.71. The van der Waals surface area contributed by atoms with E-state index in [0.717, 1.165) is 42.2 Å². The Hall–Kier alpha value is -1.66. The Morgan fingerprint density at radius 1 is 1.00 bits per heavy atom. The van der Waals surface area contributed by atoms with Gasteiger partial charge in [0, 0.05) is 21.8 Å². The molecule has 0 fully saturated rings. The zero-order chi connectivity index (χ0) is 20.9. The molecule has 0 radical (unpaired) electrons. The zero-order valence-electron chi connectivity index (χ0n) is 18.5. The van der Waals surface area contributed by atoms with E-state index in [0.29, 0.717) is 8.58 Å². The molecule has 28 heavy (non-hydrogen) atoms. The summed E-state index contributed by atoms with van der Waals surface area (Å²) < 4.78 is 6.06. The minimum atomic E-state index is -0.0466. The molecule has 2 aromatic rings. The van der Waals surface area contributed by atoms with Crippen LogP contribution in [0.2, 0.25) is 0 Å². The highest BCUT2D eigenvalue weighted by Gasteiger charge is 2.35. The summed E-state index contributed by atoms with van der Waals surface area (Å²) in [5.41, 5.74) is 4.69. The number of ether oxygens (including phenoxy) is 1. The van der Waals surface area contributed by atoms with Crippen LogP contribution in [0.5, 0.6) is 5.75 Å². The molecule has 152 valence electrons. The summed E-state index contributed by atoms with van der Waals surface area (Å²) in [7, 11) is 2.31. The lowest BCUT2D eigenvalue weighted by atomic mass is 9.78. The molecule has 0 heterocycles. The van der Waals surface area contributed by atoms with Crippen LogP contribution >= 0.6 is 8.58 Å². The van der Waals surface area contributed by atoms with Gasteiger partial charge in [-0.25, -0.2) is 0 Å². The number of hydrogen-bond acceptors (Lipinski definition) is 2. The monoisotopic (exact) mass is 398 g/mol. The minimum absolute atomic E-state index is 0.0448. The fraction of sp³-hybridized carbons (Fsp3) is 0.480. The van der Waals surface area contributed by atoms with E-state index in [1.54, 1.807) is 7.11 Å². The number of rotatable bonds is 9. The highest BCUT2D eigenvalue weighted by atomic mass is 31.1. The summed E-state index contributed by atoms with van der Waals surface area (Å²) in [5.74, 6) is 1.03. The van der Waals surface area contributed by atoms with Gasteiger partial charge in [-0.3, -0.25) is 4.79 Å². The van der Waals surface area contributed by atoms with Gasteiger partial charge in [0.05, 0.1) is 7.11 Å². The van der Waals surface area contributed by atoms with Crippen LogP contribution in [0.4, 0.5) is 0 Å². The lowest BCUT2D eigenvalue weighted by Gasteiger charge is -2.37. The Labute approximate surface area is 172 Å². The Bertz CT molecular complexity index is 819. The first kappa shape index (κ1) is 22.6. The lowest BCUT2D eigenvalue weighted by Crippen LogP contribution is -2.26. The maximum Gasteiger partial charge on any atom is 0.150 e. The third-order valence-electron chi connectivity index (χ3n) is 6.23. The van der Waals surface area contributed by atoms with Crippen LogP contribution < -0.4 is 10.0 Å². The second kappa shape index (κ2) is 9.23. The molecule has 1 atom stereocenters. The van der Waals surface area contributed by atoms with Crippen molar-refractivity contribution in [2.24, 2.45) is 0 Å². The van der Waals surface area contributed by atoms with E-state index in [1.807, 2.05) is 18.2 Å². The van der Waals surface area contributed by atoms with Crippen LogP contribution in [0.3, 0.4) is 0 Å². The largest absolute Gasteiger partial charge is 0.496 e. The summed E-state index contributed by atoms with van der Waals surface area (Å²) in [6.07, 6.45) is 4.03. The first-order valence-electron chi connectivity index (χ1n) is 10.3. The molecule has 0 aliphatic carbocycles. The van der Waals surface area contributed by atoms with Crippen molar-refractivity contribution in [3.05, 3.63) is 58.7 Å². The number of carbonyl (C=O) groups is 1. The van der Waals surface area contributed by atoms with Crippen LogP contribution in [0, 0.1) is 6.92 Å². The number of benzene rings is 2. The Morgan fingerprint density at radius 2 is 1.61 bits per heavy atom. The van der Waals surface area contributed by atoms with Gasteiger partial charge >= 0.3 is 0 Å². The highest BCUT2D eigenvalue weighted by Crippen LogP contribution is 2.52. The topological polar surface area (TPSA) is 26.3 Å². The lowest BCUT2D eigenvalue weighted by molar-refractivity contribution is 0.112. The van der Waals surface area contributed by atoms with Crippen LogP contribution in [0.1, 0.15) is 80.9 Å². The summed E-state index contributed by atoms with van der Waals surface area (Å²) in [4.78, 5) is 11.6. The molecular weight excluding hydrogens is 363 g/mol. The molecule has 0 aliphatic rings. The second-order valence-corrected chi connectivity index (χ2v) is 10.00. The normalized spacial score (nSPS) is 12.5. The average molecular weight is 399 g/mol. The molecule has 0 amide bonds. The van der Waals surface area contributed by atoms with Crippen molar-refractivity contribution in [2.45, 2.75) is 71.4 Å². The van der Waals surface area contributed by atoms with Gasteiger partial charge < -0.3 is 4.74 Å². The Morgan fingerprint density at radius 3 is 2.14 bits per heavy atom. The van der Waals surface area contributed by atoms with Gasteiger partial charge in [-0.05, 0) is 36.9 Å². The second-order valence-electron chi connectivity index (χ2n) is 8.25. The Kier molecular flexibility index (Phi) is 7.46. The maximum absolute atomic E-state index is 11.6. The molecule has 2 rings (SSSR count). The first-order valence-corrected chi connectivity index (χ1v) is 11.3. The summed E-state index contributed by atoms with van der Waals surface area (Å²) in [6, 6.07) is 12.6. The van der Waals surface area contributed by atoms with Gasteiger partial charge in [0.2, 0.25) is 0 Å². The van der Waals surface area contributed by atoms with Crippen molar-refractivity contribution in [3.8, 4) is 5.75 Å². The van der Waals surface area contributed by atoms with Gasteiger partial charge in [-0.1, -0.05) is 85.2 Å². The van der Waals surface area contributed by atoms with E-state index in [2.05, 4.69) is 59.7 Å². The molecule has 2 aromatic carbocycles. The van der Waals surface area contributed by atoms with E-state index in [-0.39, 0.29) is 10.6 Å². The first-order chi connectivity index (χ1) is 13.3. The predicted molar refractivity (Wildman–Crippen MR) is 123 cm³/mol. The molecular formula is C25H35O2P. The molecule has 0 saturated heterocycles. The fourth-order valence-corrected chi connectivity index (χ4v) is 5.54. The van der Waals surface area contributed by atoms with Crippen molar-refractivity contribution in [1.29, 1.82) is 0 Å². The molecule has 1 unspecified atom stereocenters. The van der Waals surface area contributed by atoms with Crippen LogP contribution in [-0.2, 0) is 10.6 Å². The number of aldehydes is 1. The number of aryl methyl sites for hydroxylation is 1. The quantitative estimate of drug-likeness (QED) is 0.355. The van der Waals surface area contributed by atoms with Gasteiger partial charge in [-0.2, -0.15) is 0 Å². The third-order valence-corrected chi connectivity index (χ3v) is 8.41. The molecule has 0 aliphatic heterocycles. The van der Waals surface area contributed by atoms with Crippen LogP contribution in [0.25, 0.3) is 0 Å². The van der Waals surface area contributed by atoms with Gasteiger partial charge in [0.1, 0.15) is 5.75 Å². The summed E-state index contributed by atoms with van der Waals surface area (Å²) in [5, 5.41) is 1.09. The fourth-order valence-electron chi connectivity index (χ4n) is 3.89. The van der Waals surface area contributed by atoms with E-state index in [1.165, 1.54) is 16.7 Å². The Balaban J connectivity index is 2.73. The molecule has 0 spiro atoms. The zero-order valence-corrected chi connectivity index (χ0v) is 19.5. The van der Waals surface area contributed by atoms with Crippen molar-refractivity contribution >= 4 is 20.2 Å². The molecule has 3 heteroatoms. The van der Waals surface area contributed by atoms with Crippen molar-refractivity contribution in [2.75, 3.05) is 7.11 Å². The van der Waals surface area contributed by atoms with Crippen molar-refractivity contribution in [3.63, 3.8) is 0 Å². The number of hydrogen-bond donors (Lipinski definition) is 0. The summed E-state index contributed by atoms with van der Waals surface area (Å²) >= 11 is 0. The van der Waals surface area contributed by atoms with Crippen molar-refractivity contribution in [1.82, 2.24) is 0 Å². The maximum atomic E-state index is 11.6. The molecule has 0 aromatic heterocycles. The van der Waals surface area contributed by atoms with E-state index in [4.69, 9.17) is 4.74 Å². The van der Waals surface area contributed by atoms with E-state index < -0.39 is 0 Å². The molecule has 0 bridgehead atoms. The minimum Gasteiger partial charge on any atom is -0.496 e. The highest BCUT2D eigenvalue weighted by molar-refractivity contribution is 7.48. The molecule has 2 nitrogen and oxygen atoms in total. The third kappa shape index (κ3) is 4.33. The standard InChI is InChI=1S/C25H35O2P/c1-8-24(5,6)20-15-18(4)16-21(23(20)27-7)25(9-2,10-3)28-22-14-12-11-13-19(22)17-26/h11-17,28H,8-10H2,1-7H3. The predicted octanol–water partition coefficient (Wildman–Crippen LogP) is 6.52. The number of carbonyl (C=O) groups excluding carboxylic acids is 1. The van der Waals surface area contributed by atoms with Gasteiger partial charge in [0.15, 0.2) is 6.29 Å². The smallest absolute Gasteiger partial charge is 0.150 e. The number of methoxy groups -OCH3 is 1. The summed E-state index contributed by atoms with van der Waals surface area (Å²) in [6.45, 7) is 13.5. The molecule has 0 saturated carbocycles. The van der Waals surface area contributed by atoms with Crippen LogP contribution in [0.15, 0.2) is 36.4 Å². The van der Waals surface area contributed by atoms with Crippen LogP contribution in [-0.4, -0.2) is 13.4 Å². The van der Waals surface area contributed by atoms with Gasteiger partial charge in [-0.15, -0.1) is 0 Å². The van der Waals surface area contributed by atoms with E-state index in [9.17, 15) is 4.79 Å². The van der Waals surface area contributed by atoms with E-state index >= 15 is 0 Å².